The minimum absolute atomic E-state index is 0. The molecule has 362 valence electrons. The predicted molar refractivity (Wildman–Crippen MR) is 216 cm³/mol. The molecule has 0 aliphatic carbocycles. The molecule has 0 aliphatic heterocycles. The number of aromatic nitrogens is 4. The van der Waals surface area contributed by atoms with Crippen molar-refractivity contribution in [1.82, 2.24) is 29.7 Å². The van der Waals surface area contributed by atoms with E-state index in [1.165, 1.54) is 0 Å². The van der Waals surface area contributed by atoms with Crippen molar-refractivity contribution in [2.45, 2.75) is 70.3 Å². The van der Waals surface area contributed by atoms with E-state index < -0.39 is 25.3 Å². The van der Waals surface area contributed by atoms with Crippen LogP contribution in [0.15, 0.2) is 110 Å². The predicted octanol–water partition coefficient (Wildman–Crippen LogP) is 4.15. The van der Waals surface area contributed by atoms with E-state index in [0.717, 1.165) is 39.5 Å². The first-order chi connectivity index (χ1) is 28.5. The van der Waals surface area contributed by atoms with Crippen LogP contribution in [0, 0.1) is 0 Å². The van der Waals surface area contributed by atoms with E-state index in [0.29, 0.717) is 39.3 Å². The van der Waals surface area contributed by atoms with Crippen molar-refractivity contribution in [3.05, 3.63) is 149 Å². The van der Waals surface area contributed by atoms with Crippen molar-refractivity contribution >= 4 is 43.7 Å². The number of carbonyl (C=O) groups excluding carboxylic acids is 1. The molecule has 0 spiro atoms. The number of hydrogen-bond acceptors (Lipinski definition) is 11. The molecule has 13 nitrogen and oxygen atoms in total. The van der Waals surface area contributed by atoms with Crippen LogP contribution in [0.3, 0.4) is 0 Å². The minimum atomic E-state index is -6.00. The molecule has 27 heteroatoms. The number of pyridine rings is 4. The summed E-state index contributed by atoms with van der Waals surface area (Å²) in [5, 5.41) is 37.5. The first-order valence-corrected chi connectivity index (χ1v) is 18.6. The topological polar surface area (TPSA) is 230 Å². The summed E-state index contributed by atoms with van der Waals surface area (Å²) in [4.78, 5) is 30.7. The molecule has 0 radical (unpaired) electrons. The fraction of sp³-hybridized carbons (Fsp3) is 0.289. The fourth-order valence-corrected chi connectivity index (χ4v) is 5.12. The van der Waals surface area contributed by atoms with Crippen molar-refractivity contribution < 1.29 is 105 Å². The zero-order valence-corrected chi connectivity index (χ0v) is 38.1. The van der Waals surface area contributed by atoms with Crippen molar-refractivity contribution in [2.75, 3.05) is 0 Å². The maximum Gasteiger partial charge on any atom is 3.00 e. The van der Waals surface area contributed by atoms with Gasteiger partial charge in [0.15, 0.2) is 0 Å². The van der Waals surface area contributed by atoms with E-state index in [1.807, 2.05) is 97.6 Å². The maximum absolute atomic E-state index is 14.2. The second kappa shape index (κ2) is 34.3. The van der Waals surface area contributed by atoms with E-state index >= 15 is 0 Å². The molecule has 0 aliphatic rings. The third kappa shape index (κ3) is 33.2. The molecule has 0 amide bonds. The number of aliphatic carboxylic acids is 1. The molecule has 0 bridgehead atoms. The summed E-state index contributed by atoms with van der Waals surface area (Å²) < 4.78 is 78.0. The van der Waals surface area contributed by atoms with E-state index in [1.54, 1.807) is 0 Å². The van der Waals surface area contributed by atoms with Gasteiger partial charge in [-0.2, -0.15) is 0 Å². The van der Waals surface area contributed by atoms with Gasteiger partial charge in [0.1, 0.15) is 4.84 Å². The molecule has 4 aromatic heterocycles. The van der Waals surface area contributed by atoms with E-state index in [9.17, 15) is 49.5 Å². The van der Waals surface area contributed by atoms with Crippen LogP contribution < -0.4 is 20.7 Å². The average molecular weight is 1060 g/mol. The zero-order chi connectivity index (χ0) is 46.2. The van der Waals surface area contributed by atoms with Crippen LogP contribution in [-0.4, -0.2) is 66.0 Å². The SMILES string of the molecule is CC(C)(C)c1cc(CN(Cc2ccccn2)Cc2ccccn2)c([O-])c(CN(Cc2ccccn2)Cc2ccccn2)c1.F[B-](F)(F)F.F[B-](F)(F)F.O.O.O=C([O-])C(Cl)Cl.[Co+3].[Co+3].[O-][O-]. The van der Waals surface area contributed by atoms with Gasteiger partial charge in [0.05, 0.1) is 28.7 Å². The Labute approximate surface area is 401 Å². The van der Waals surface area contributed by atoms with Crippen LogP contribution in [0.25, 0.3) is 0 Å². The van der Waals surface area contributed by atoms with Crippen LogP contribution in [0.4, 0.5) is 34.5 Å². The molecular formula is C38H44B2Cl2Co2F8N6O7. The molecule has 4 heterocycles. The standard InChI is InChI=1S/C36H40N6O.C2H2Cl2O2.2BF4.2Co.O2.2H2O/c1-36(2,3)30-20-28(22-41(24-31-12-4-8-16-37-31)25-32-13-5-9-17-38-32)35(43)29(21-30)23-42(26-33-14-6-10-18-39-33)27-34-15-7-11-19-40-34;3-1(4)2(5)6;2*2-1(3,4)5;;;1-2;;/h4-21,43H,22-27H2,1-3H3;1H,(H,5,6);;;;;;2*1H2/q;;2*-1;2*+3;-2;;/p-2. The third-order valence-electron chi connectivity index (χ3n) is 7.52. The molecule has 0 atom stereocenters. The van der Waals surface area contributed by atoms with Gasteiger partial charge in [0.25, 0.3) is 0 Å². The summed E-state index contributed by atoms with van der Waals surface area (Å²) in [5.74, 6) is -1.38. The largest absolute Gasteiger partial charge is 3.00 e. The summed E-state index contributed by atoms with van der Waals surface area (Å²) in [6.45, 7) is 9.99. The van der Waals surface area contributed by atoms with Gasteiger partial charge in [0, 0.05) is 64.1 Å². The van der Waals surface area contributed by atoms with Gasteiger partial charge in [-0.05, 0) is 70.6 Å². The second-order valence-corrected chi connectivity index (χ2v) is 14.7. The average Bonchev–Trinajstić information content (AvgIpc) is 3.17. The number of rotatable bonds is 13. The Hall–Kier alpha value is -3.99. The summed E-state index contributed by atoms with van der Waals surface area (Å²) in [6.07, 6.45) is 7.24. The number of nitrogens with zero attached hydrogens (tertiary/aromatic N) is 6. The van der Waals surface area contributed by atoms with E-state index in [2.05, 4.69) is 62.6 Å². The van der Waals surface area contributed by atoms with Crippen LogP contribution >= 0.6 is 23.2 Å². The molecule has 0 saturated heterocycles. The molecule has 5 rings (SSSR count). The van der Waals surface area contributed by atoms with Gasteiger partial charge in [-0.3, -0.25) is 29.7 Å². The first-order valence-electron chi connectivity index (χ1n) is 17.8. The normalized spacial score (nSPS) is 10.6. The summed E-state index contributed by atoms with van der Waals surface area (Å²) >= 11 is 9.43. The van der Waals surface area contributed by atoms with Gasteiger partial charge in [-0.1, -0.05) is 86.1 Å². The summed E-state index contributed by atoms with van der Waals surface area (Å²) in [5.41, 5.74) is 6.39. The first kappa shape index (κ1) is 67.6. The Morgan fingerprint density at radius 1 is 0.585 bits per heavy atom. The number of carboxylic acids is 1. The quantitative estimate of drug-likeness (QED) is 0.0535. The van der Waals surface area contributed by atoms with Crippen LogP contribution in [0.1, 0.15) is 60.2 Å². The van der Waals surface area contributed by atoms with Gasteiger partial charge in [-0.15, -0.1) is 0 Å². The Morgan fingerprint density at radius 3 is 0.985 bits per heavy atom. The second-order valence-electron chi connectivity index (χ2n) is 13.6. The number of alkyl halides is 2. The molecule has 0 unspecified atom stereocenters. The molecule has 0 saturated carbocycles. The minimum Gasteiger partial charge on any atom is -1.00 e. The maximum atomic E-state index is 14.2. The van der Waals surface area contributed by atoms with Crippen LogP contribution in [0.2, 0.25) is 0 Å². The Bertz CT molecular complexity index is 1770. The number of hydrogen-bond donors (Lipinski definition) is 0. The van der Waals surface area contributed by atoms with Crippen molar-refractivity contribution in [1.29, 1.82) is 0 Å². The van der Waals surface area contributed by atoms with E-state index in [-0.39, 0.29) is 55.7 Å². The summed E-state index contributed by atoms with van der Waals surface area (Å²) in [6, 6.07) is 27.9. The van der Waals surface area contributed by atoms with Gasteiger partial charge < -0.3 is 71.0 Å². The Morgan fingerprint density at radius 2 is 0.815 bits per heavy atom. The number of carbonyl (C=O) groups is 1. The van der Waals surface area contributed by atoms with Crippen LogP contribution in [-0.2, 0) is 83.0 Å². The number of carboxylic acid groups (broad SMARTS) is 1. The third-order valence-corrected chi connectivity index (χ3v) is 7.88. The summed E-state index contributed by atoms with van der Waals surface area (Å²) in [7, 11) is -12.0. The molecule has 4 N–H and O–H groups in total. The molecular weight excluding hydrogens is 1010 g/mol. The van der Waals surface area contributed by atoms with Gasteiger partial charge in [0.2, 0.25) is 0 Å². The van der Waals surface area contributed by atoms with E-state index in [4.69, 9.17) is 33.7 Å². The van der Waals surface area contributed by atoms with Gasteiger partial charge in [-0.25, -0.2) is 0 Å². The van der Waals surface area contributed by atoms with Gasteiger partial charge >= 0.3 is 48.1 Å². The fourth-order valence-electron chi connectivity index (χ4n) is 5.12. The monoisotopic (exact) mass is 1060 g/mol. The molecule has 65 heavy (non-hydrogen) atoms. The Balaban J connectivity index is -0.000000723. The Kier molecular flexibility index (Phi) is 35.7. The zero-order valence-electron chi connectivity index (χ0n) is 34.5. The number of halogens is 10. The van der Waals surface area contributed by atoms with Crippen LogP contribution in [0.5, 0.6) is 5.75 Å². The molecule has 1 aromatic carbocycles. The van der Waals surface area contributed by atoms with Crippen molar-refractivity contribution in [3.8, 4) is 5.75 Å². The smallest absolute Gasteiger partial charge is 1.00 e. The van der Waals surface area contributed by atoms with Crippen molar-refractivity contribution in [3.63, 3.8) is 0 Å². The molecule has 5 aromatic rings. The number of benzene rings is 1. The van der Waals surface area contributed by atoms with Crippen molar-refractivity contribution in [2.24, 2.45) is 0 Å². The molecule has 0 fully saturated rings.